The molecule has 1 fully saturated rings. The summed E-state index contributed by atoms with van der Waals surface area (Å²) in [7, 11) is 0. The Labute approximate surface area is 192 Å². The smallest absolute Gasteiger partial charge is 0.129 e. The third-order valence-electron chi connectivity index (χ3n) is 6.88. The summed E-state index contributed by atoms with van der Waals surface area (Å²) in [5.41, 5.74) is 3.57. The first kappa shape index (κ1) is 21.7. The molecule has 2 aliphatic rings. The van der Waals surface area contributed by atoms with Crippen molar-refractivity contribution in [2.75, 3.05) is 19.7 Å². The van der Waals surface area contributed by atoms with E-state index in [-0.39, 0.29) is 5.75 Å². The third-order valence-corrected chi connectivity index (χ3v) is 7.10. The van der Waals surface area contributed by atoms with E-state index in [4.69, 9.17) is 21.3 Å². The second-order valence-corrected chi connectivity index (χ2v) is 9.62. The van der Waals surface area contributed by atoms with Gasteiger partial charge in [-0.15, -0.1) is 0 Å². The van der Waals surface area contributed by atoms with Gasteiger partial charge in [-0.2, -0.15) is 0 Å². The SMILES string of the molecule is CC1CCc2cc(Cl)cc3nc(CN4CCC(CCOc5cc(F)cc(F)c5)CC4)n1c23. The number of nitrogens with zero attached hydrogens (tertiary/aromatic N) is 3. The summed E-state index contributed by atoms with van der Waals surface area (Å²) in [6.07, 6.45) is 5.24. The number of likely N-dealkylation sites (tertiary alicyclic amines) is 1. The molecule has 1 saturated heterocycles. The first-order valence-corrected chi connectivity index (χ1v) is 11.8. The minimum absolute atomic E-state index is 0.258. The molecule has 32 heavy (non-hydrogen) atoms. The lowest BCUT2D eigenvalue weighted by Gasteiger charge is -2.32. The molecular weight excluding hydrogens is 432 g/mol. The second kappa shape index (κ2) is 8.99. The Morgan fingerprint density at radius 2 is 1.81 bits per heavy atom. The van der Waals surface area contributed by atoms with Gasteiger partial charge in [-0.05, 0) is 75.7 Å². The molecule has 0 aliphatic carbocycles. The zero-order chi connectivity index (χ0) is 22.2. The number of hydrogen-bond acceptors (Lipinski definition) is 3. The number of rotatable bonds is 6. The minimum Gasteiger partial charge on any atom is -0.493 e. The van der Waals surface area contributed by atoms with Crippen LogP contribution in [-0.4, -0.2) is 34.1 Å². The lowest BCUT2D eigenvalue weighted by Crippen LogP contribution is -2.34. The first-order chi connectivity index (χ1) is 15.5. The molecule has 5 rings (SSSR count). The van der Waals surface area contributed by atoms with Crippen molar-refractivity contribution in [1.82, 2.24) is 14.5 Å². The van der Waals surface area contributed by atoms with Gasteiger partial charge in [0.2, 0.25) is 0 Å². The van der Waals surface area contributed by atoms with E-state index in [1.165, 1.54) is 23.2 Å². The van der Waals surface area contributed by atoms with Crippen LogP contribution in [-0.2, 0) is 13.0 Å². The fourth-order valence-electron chi connectivity index (χ4n) is 5.18. The van der Waals surface area contributed by atoms with Gasteiger partial charge < -0.3 is 9.30 Å². The van der Waals surface area contributed by atoms with Crippen molar-refractivity contribution in [2.24, 2.45) is 5.92 Å². The van der Waals surface area contributed by atoms with Crippen molar-refractivity contribution < 1.29 is 13.5 Å². The normalized spacial score (nSPS) is 19.6. The van der Waals surface area contributed by atoms with Crippen molar-refractivity contribution in [3.05, 3.63) is 58.4 Å². The summed E-state index contributed by atoms with van der Waals surface area (Å²) in [4.78, 5) is 7.44. The zero-order valence-corrected chi connectivity index (χ0v) is 19.0. The van der Waals surface area contributed by atoms with Gasteiger partial charge in [-0.3, -0.25) is 4.90 Å². The van der Waals surface area contributed by atoms with Crippen molar-refractivity contribution in [2.45, 2.75) is 51.6 Å². The van der Waals surface area contributed by atoms with Gasteiger partial charge in [0.05, 0.1) is 24.2 Å². The van der Waals surface area contributed by atoms with E-state index >= 15 is 0 Å². The minimum atomic E-state index is -0.609. The highest BCUT2D eigenvalue weighted by Crippen LogP contribution is 2.35. The molecule has 2 aliphatic heterocycles. The van der Waals surface area contributed by atoms with E-state index in [9.17, 15) is 8.78 Å². The maximum Gasteiger partial charge on any atom is 0.129 e. The highest BCUT2D eigenvalue weighted by atomic mass is 35.5. The number of ether oxygens (including phenoxy) is 1. The van der Waals surface area contributed by atoms with Crippen molar-refractivity contribution >= 4 is 22.6 Å². The number of piperidine rings is 1. The Kier molecular flexibility index (Phi) is 6.08. The van der Waals surface area contributed by atoms with E-state index < -0.39 is 11.6 Å². The van der Waals surface area contributed by atoms with Gasteiger partial charge in [-0.1, -0.05) is 11.6 Å². The molecule has 2 aromatic carbocycles. The Hall–Kier alpha value is -2.18. The Morgan fingerprint density at radius 1 is 1.06 bits per heavy atom. The third kappa shape index (κ3) is 4.48. The van der Waals surface area contributed by atoms with Crippen LogP contribution in [0, 0.1) is 17.6 Å². The topological polar surface area (TPSA) is 30.3 Å². The van der Waals surface area contributed by atoms with Crippen LogP contribution >= 0.6 is 11.6 Å². The maximum absolute atomic E-state index is 13.3. The van der Waals surface area contributed by atoms with Gasteiger partial charge >= 0.3 is 0 Å². The van der Waals surface area contributed by atoms with Crippen molar-refractivity contribution in [3.63, 3.8) is 0 Å². The molecule has 1 aromatic heterocycles. The Morgan fingerprint density at radius 3 is 2.56 bits per heavy atom. The molecule has 0 amide bonds. The standard InChI is InChI=1S/C25H28ClF2N3O/c1-16-2-3-18-10-19(26)11-23-25(18)31(16)24(29-23)15-30-7-4-17(5-8-30)6-9-32-22-13-20(27)12-21(28)14-22/h10-14,16-17H,2-9,15H2,1H3. The van der Waals surface area contributed by atoms with Crippen molar-refractivity contribution in [1.29, 1.82) is 0 Å². The number of halogens is 3. The summed E-state index contributed by atoms with van der Waals surface area (Å²) < 4.78 is 34.6. The number of aromatic nitrogens is 2. The average Bonchev–Trinajstić information content (AvgIpc) is 3.10. The van der Waals surface area contributed by atoms with Crippen molar-refractivity contribution in [3.8, 4) is 5.75 Å². The van der Waals surface area contributed by atoms with Gasteiger partial charge in [0.1, 0.15) is 23.2 Å². The highest BCUT2D eigenvalue weighted by molar-refractivity contribution is 6.31. The van der Waals surface area contributed by atoms with E-state index in [1.807, 2.05) is 6.07 Å². The molecule has 0 spiro atoms. The molecule has 1 atom stereocenters. The molecule has 0 saturated carbocycles. The lowest BCUT2D eigenvalue weighted by molar-refractivity contribution is 0.153. The van der Waals surface area contributed by atoms with Crippen LogP contribution in [0.1, 0.15) is 50.0 Å². The molecular formula is C25H28ClF2N3O. The molecule has 3 heterocycles. The number of hydrogen-bond donors (Lipinski definition) is 0. The highest BCUT2D eigenvalue weighted by Gasteiger charge is 2.26. The molecule has 0 radical (unpaired) electrons. The molecule has 0 N–H and O–H groups in total. The predicted molar refractivity (Wildman–Crippen MR) is 122 cm³/mol. The van der Waals surface area contributed by atoms with Crippen LogP contribution in [0.25, 0.3) is 11.0 Å². The first-order valence-electron chi connectivity index (χ1n) is 11.5. The van der Waals surface area contributed by atoms with Gasteiger partial charge in [-0.25, -0.2) is 13.8 Å². The molecule has 1 unspecified atom stereocenters. The molecule has 3 aromatic rings. The van der Waals surface area contributed by atoms with E-state index in [1.54, 1.807) is 0 Å². The fraction of sp³-hybridized carbons (Fsp3) is 0.480. The van der Waals surface area contributed by atoms with Gasteiger partial charge in [0, 0.05) is 29.3 Å². The van der Waals surface area contributed by atoms with E-state index in [0.717, 1.165) is 74.2 Å². The summed E-state index contributed by atoms with van der Waals surface area (Å²) in [5.74, 6) is 0.733. The number of benzene rings is 2. The summed E-state index contributed by atoms with van der Waals surface area (Å²) in [6.45, 7) is 5.64. The Balaban J connectivity index is 1.17. The Bertz CT molecular complexity index is 1100. The second-order valence-electron chi connectivity index (χ2n) is 9.18. The lowest BCUT2D eigenvalue weighted by atomic mass is 9.94. The van der Waals surface area contributed by atoms with Crippen LogP contribution < -0.4 is 4.74 Å². The largest absolute Gasteiger partial charge is 0.493 e. The maximum atomic E-state index is 13.3. The van der Waals surface area contributed by atoms with Crippen LogP contribution in [0.15, 0.2) is 30.3 Å². The predicted octanol–water partition coefficient (Wildman–Crippen LogP) is 6.16. The zero-order valence-electron chi connectivity index (χ0n) is 18.3. The van der Waals surface area contributed by atoms with E-state index in [2.05, 4.69) is 22.5 Å². The number of imidazole rings is 1. The number of aryl methyl sites for hydroxylation is 1. The molecule has 4 nitrogen and oxygen atoms in total. The molecule has 170 valence electrons. The van der Waals surface area contributed by atoms with Crippen LogP contribution in [0.3, 0.4) is 0 Å². The van der Waals surface area contributed by atoms with Crippen LogP contribution in [0.5, 0.6) is 5.75 Å². The molecule has 7 heteroatoms. The summed E-state index contributed by atoms with van der Waals surface area (Å²) in [6, 6.07) is 7.83. The average molecular weight is 460 g/mol. The van der Waals surface area contributed by atoms with Gasteiger partial charge in [0.15, 0.2) is 0 Å². The summed E-state index contributed by atoms with van der Waals surface area (Å²) in [5, 5.41) is 0.766. The quantitative estimate of drug-likeness (QED) is 0.442. The monoisotopic (exact) mass is 459 g/mol. The summed E-state index contributed by atoms with van der Waals surface area (Å²) >= 11 is 6.32. The van der Waals surface area contributed by atoms with E-state index in [0.29, 0.717) is 18.6 Å². The molecule has 0 bridgehead atoms. The van der Waals surface area contributed by atoms with Crippen LogP contribution in [0.4, 0.5) is 8.78 Å². The fourth-order valence-corrected chi connectivity index (χ4v) is 5.42. The van der Waals surface area contributed by atoms with Gasteiger partial charge in [0.25, 0.3) is 0 Å². The van der Waals surface area contributed by atoms with Crippen LogP contribution in [0.2, 0.25) is 5.02 Å².